The van der Waals surface area contributed by atoms with E-state index in [9.17, 15) is 4.79 Å². The first-order chi connectivity index (χ1) is 8.59. The molecule has 1 aliphatic rings. The van der Waals surface area contributed by atoms with Gasteiger partial charge in [-0.05, 0) is 53.2 Å². The fraction of sp³-hybridized carbons (Fsp3) is 0.500. The Kier molecular flexibility index (Phi) is 4.84. The number of rotatable bonds is 3. The van der Waals surface area contributed by atoms with E-state index >= 15 is 0 Å². The Balaban J connectivity index is 1.97. The van der Waals surface area contributed by atoms with Gasteiger partial charge < -0.3 is 5.32 Å². The Labute approximate surface area is 125 Å². The van der Waals surface area contributed by atoms with E-state index in [4.69, 9.17) is 0 Å². The normalized spacial score (nSPS) is 23.1. The first-order valence-corrected chi connectivity index (χ1v) is 7.98. The van der Waals surface area contributed by atoms with Crippen molar-refractivity contribution in [2.45, 2.75) is 31.0 Å². The molecule has 0 aliphatic heterocycles. The molecular weight excluding hydrogens is 358 g/mol. The van der Waals surface area contributed by atoms with E-state index in [1.165, 1.54) is 19.3 Å². The van der Waals surface area contributed by atoms with Crippen molar-refractivity contribution in [2.75, 3.05) is 6.54 Å². The fourth-order valence-corrected chi connectivity index (χ4v) is 3.58. The largest absolute Gasteiger partial charge is 0.352 e. The standard InChI is InChI=1S/C14H17Br2NO/c1-9-4-2-6-11(13(9)16)14(18)17-8-10-5-3-7-12(10)15/h2,4,6,10,12H,3,5,7-8H2,1H3,(H,17,18). The molecule has 1 amide bonds. The first kappa shape index (κ1) is 14.1. The maximum Gasteiger partial charge on any atom is 0.252 e. The van der Waals surface area contributed by atoms with Crippen LogP contribution in [0.1, 0.15) is 35.2 Å². The maximum absolute atomic E-state index is 12.1. The van der Waals surface area contributed by atoms with E-state index in [1.54, 1.807) is 0 Å². The molecule has 2 unspecified atom stereocenters. The van der Waals surface area contributed by atoms with Crippen molar-refractivity contribution in [1.29, 1.82) is 0 Å². The van der Waals surface area contributed by atoms with Crippen LogP contribution in [-0.2, 0) is 0 Å². The average molecular weight is 375 g/mol. The van der Waals surface area contributed by atoms with Gasteiger partial charge in [-0.2, -0.15) is 0 Å². The second kappa shape index (κ2) is 6.20. The van der Waals surface area contributed by atoms with Crippen molar-refractivity contribution >= 4 is 37.8 Å². The number of amides is 1. The third kappa shape index (κ3) is 3.15. The quantitative estimate of drug-likeness (QED) is 0.794. The summed E-state index contributed by atoms with van der Waals surface area (Å²) in [6.45, 7) is 2.75. The molecule has 1 saturated carbocycles. The molecule has 1 N–H and O–H groups in total. The molecule has 98 valence electrons. The third-order valence-electron chi connectivity index (χ3n) is 3.53. The minimum Gasteiger partial charge on any atom is -0.352 e. The van der Waals surface area contributed by atoms with Crippen LogP contribution in [0.2, 0.25) is 0 Å². The number of halogens is 2. The van der Waals surface area contributed by atoms with E-state index in [2.05, 4.69) is 37.2 Å². The average Bonchev–Trinajstić information content (AvgIpc) is 2.75. The van der Waals surface area contributed by atoms with Gasteiger partial charge in [-0.1, -0.05) is 34.5 Å². The van der Waals surface area contributed by atoms with Gasteiger partial charge in [-0.3, -0.25) is 4.79 Å². The van der Waals surface area contributed by atoms with Crippen LogP contribution in [-0.4, -0.2) is 17.3 Å². The zero-order valence-electron chi connectivity index (χ0n) is 10.4. The highest BCUT2D eigenvalue weighted by Crippen LogP contribution is 2.31. The van der Waals surface area contributed by atoms with E-state index in [0.29, 0.717) is 10.7 Å². The molecule has 2 nitrogen and oxygen atoms in total. The van der Waals surface area contributed by atoms with Gasteiger partial charge in [0.25, 0.3) is 5.91 Å². The summed E-state index contributed by atoms with van der Waals surface area (Å²) < 4.78 is 0.893. The third-order valence-corrected chi connectivity index (χ3v) is 5.79. The van der Waals surface area contributed by atoms with E-state index in [-0.39, 0.29) is 5.91 Å². The molecule has 4 heteroatoms. The smallest absolute Gasteiger partial charge is 0.252 e. The van der Waals surface area contributed by atoms with Gasteiger partial charge >= 0.3 is 0 Å². The highest BCUT2D eigenvalue weighted by molar-refractivity contribution is 9.10. The van der Waals surface area contributed by atoms with Gasteiger partial charge in [0.05, 0.1) is 5.56 Å². The van der Waals surface area contributed by atoms with Crippen LogP contribution < -0.4 is 5.32 Å². The molecule has 0 heterocycles. The fourth-order valence-electron chi connectivity index (χ4n) is 2.36. The van der Waals surface area contributed by atoms with Gasteiger partial charge in [-0.15, -0.1) is 0 Å². The van der Waals surface area contributed by atoms with Crippen LogP contribution in [0.4, 0.5) is 0 Å². The Morgan fingerprint density at radius 2 is 2.22 bits per heavy atom. The van der Waals surface area contributed by atoms with Gasteiger partial charge in [-0.25, -0.2) is 0 Å². The Morgan fingerprint density at radius 1 is 1.44 bits per heavy atom. The molecule has 0 saturated heterocycles. The van der Waals surface area contributed by atoms with Gasteiger partial charge in [0.15, 0.2) is 0 Å². The van der Waals surface area contributed by atoms with Crippen molar-refractivity contribution in [3.63, 3.8) is 0 Å². The topological polar surface area (TPSA) is 29.1 Å². The minimum absolute atomic E-state index is 0.0113. The van der Waals surface area contributed by atoms with Crippen molar-refractivity contribution in [3.05, 3.63) is 33.8 Å². The van der Waals surface area contributed by atoms with E-state index < -0.39 is 0 Å². The highest BCUT2D eigenvalue weighted by atomic mass is 79.9. The van der Waals surface area contributed by atoms with Crippen LogP contribution in [0.25, 0.3) is 0 Å². The lowest BCUT2D eigenvalue weighted by Gasteiger charge is -2.15. The number of benzene rings is 1. The highest BCUT2D eigenvalue weighted by Gasteiger charge is 2.25. The van der Waals surface area contributed by atoms with Crippen LogP contribution in [0.3, 0.4) is 0 Å². The zero-order valence-corrected chi connectivity index (χ0v) is 13.6. The second-order valence-corrected chi connectivity index (χ2v) is 6.82. The van der Waals surface area contributed by atoms with Crippen LogP contribution in [0.15, 0.2) is 22.7 Å². The summed E-state index contributed by atoms with van der Waals surface area (Å²) in [5.41, 5.74) is 1.81. The summed E-state index contributed by atoms with van der Waals surface area (Å²) in [5.74, 6) is 0.578. The summed E-state index contributed by atoms with van der Waals surface area (Å²) in [7, 11) is 0. The summed E-state index contributed by atoms with van der Waals surface area (Å²) in [6, 6.07) is 5.76. The summed E-state index contributed by atoms with van der Waals surface area (Å²) in [6.07, 6.45) is 3.67. The molecule has 18 heavy (non-hydrogen) atoms. The van der Waals surface area contributed by atoms with Crippen molar-refractivity contribution < 1.29 is 4.79 Å². The SMILES string of the molecule is Cc1cccc(C(=O)NCC2CCCC2Br)c1Br. The zero-order chi connectivity index (χ0) is 13.1. The number of hydrogen-bond acceptors (Lipinski definition) is 1. The predicted molar refractivity (Wildman–Crippen MR) is 81.3 cm³/mol. The van der Waals surface area contributed by atoms with Crippen molar-refractivity contribution in [3.8, 4) is 0 Å². The lowest BCUT2D eigenvalue weighted by molar-refractivity contribution is 0.0947. The van der Waals surface area contributed by atoms with E-state index in [0.717, 1.165) is 22.1 Å². The number of aryl methyl sites for hydroxylation is 1. The maximum atomic E-state index is 12.1. The number of carbonyl (C=O) groups is 1. The molecule has 1 aromatic carbocycles. The molecule has 0 radical (unpaired) electrons. The first-order valence-electron chi connectivity index (χ1n) is 6.27. The molecule has 0 spiro atoms. The van der Waals surface area contributed by atoms with Crippen LogP contribution >= 0.6 is 31.9 Å². The summed E-state index contributed by atoms with van der Waals surface area (Å²) >= 11 is 7.15. The molecule has 2 atom stereocenters. The Morgan fingerprint density at radius 3 is 2.89 bits per heavy atom. The minimum atomic E-state index is 0.0113. The van der Waals surface area contributed by atoms with Gasteiger partial charge in [0, 0.05) is 15.8 Å². The molecule has 0 aromatic heterocycles. The molecule has 1 aliphatic carbocycles. The van der Waals surface area contributed by atoms with Crippen molar-refractivity contribution in [2.24, 2.45) is 5.92 Å². The van der Waals surface area contributed by atoms with Gasteiger partial charge in [0.2, 0.25) is 0 Å². The monoisotopic (exact) mass is 373 g/mol. The van der Waals surface area contributed by atoms with Crippen molar-refractivity contribution in [1.82, 2.24) is 5.32 Å². The molecular formula is C14H17Br2NO. The van der Waals surface area contributed by atoms with Crippen LogP contribution in [0, 0.1) is 12.8 Å². The Bertz CT molecular complexity index is 447. The Hall–Kier alpha value is -0.350. The number of nitrogens with one attached hydrogen (secondary N) is 1. The number of carbonyl (C=O) groups excluding carboxylic acids is 1. The van der Waals surface area contributed by atoms with E-state index in [1.807, 2.05) is 25.1 Å². The number of hydrogen-bond donors (Lipinski definition) is 1. The summed E-state index contributed by atoms with van der Waals surface area (Å²) in [4.78, 5) is 12.7. The molecule has 1 fully saturated rings. The lowest BCUT2D eigenvalue weighted by atomic mass is 10.1. The lowest BCUT2D eigenvalue weighted by Crippen LogP contribution is -2.31. The second-order valence-electron chi connectivity index (χ2n) is 4.85. The molecule has 0 bridgehead atoms. The molecule has 2 rings (SSSR count). The number of alkyl halides is 1. The molecule has 1 aromatic rings. The predicted octanol–water partition coefficient (Wildman–Crippen LogP) is 4.05. The van der Waals surface area contributed by atoms with Crippen LogP contribution in [0.5, 0.6) is 0 Å². The summed E-state index contributed by atoms with van der Waals surface area (Å²) in [5, 5.41) is 3.04. The van der Waals surface area contributed by atoms with Gasteiger partial charge in [0.1, 0.15) is 0 Å².